The highest BCUT2D eigenvalue weighted by Gasteiger charge is 2.10. The maximum atomic E-state index is 11.0. The minimum Gasteiger partial charge on any atom is -0.340 e. The Morgan fingerprint density at radius 3 is 2.79 bits per heavy atom. The summed E-state index contributed by atoms with van der Waals surface area (Å²) in [5, 5.41) is 4.85. The molecular formula is C9H14ClN3O. The molecule has 1 aromatic heterocycles. The van der Waals surface area contributed by atoms with Crippen LogP contribution in [0.1, 0.15) is 19.5 Å². The molecule has 0 fully saturated rings. The largest absolute Gasteiger partial charge is 0.340 e. The van der Waals surface area contributed by atoms with Gasteiger partial charge in [0.1, 0.15) is 5.69 Å². The Kier molecular flexibility index (Phi) is 3.52. The number of carbonyl (C=O) groups is 1. The van der Waals surface area contributed by atoms with E-state index in [1.807, 2.05) is 6.92 Å². The van der Waals surface area contributed by atoms with Crippen molar-refractivity contribution in [1.29, 1.82) is 0 Å². The molecule has 0 aliphatic rings. The summed E-state index contributed by atoms with van der Waals surface area (Å²) in [6.07, 6.45) is 1.77. The zero-order valence-corrected chi connectivity index (χ0v) is 9.38. The number of rotatable bonds is 3. The standard InChI is InChI=1S/C9H14ClN3O/c1-4-13-5-8(10)9(11-13)6-12(3)7(2)14/h5H,4,6H2,1-3H3. The predicted molar refractivity (Wildman–Crippen MR) is 55.1 cm³/mol. The van der Waals surface area contributed by atoms with Gasteiger partial charge in [0.05, 0.1) is 11.6 Å². The van der Waals surface area contributed by atoms with Crippen molar-refractivity contribution in [3.8, 4) is 0 Å². The lowest BCUT2D eigenvalue weighted by molar-refractivity contribution is -0.128. The number of hydrogen-bond acceptors (Lipinski definition) is 2. The second kappa shape index (κ2) is 4.46. The van der Waals surface area contributed by atoms with Crippen LogP contribution in [0, 0.1) is 0 Å². The molecule has 0 bridgehead atoms. The highest BCUT2D eigenvalue weighted by Crippen LogP contribution is 2.15. The van der Waals surface area contributed by atoms with E-state index in [0.29, 0.717) is 11.6 Å². The molecule has 1 aromatic rings. The van der Waals surface area contributed by atoms with Crippen LogP contribution in [0.25, 0.3) is 0 Å². The van der Waals surface area contributed by atoms with Crippen LogP contribution in [0.2, 0.25) is 5.02 Å². The Bertz CT molecular complexity index is 335. The van der Waals surface area contributed by atoms with Crippen molar-refractivity contribution in [3.05, 3.63) is 16.9 Å². The van der Waals surface area contributed by atoms with Gasteiger partial charge in [0, 0.05) is 26.7 Å². The van der Waals surface area contributed by atoms with Crippen molar-refractivity contribution in [2.45, 2.75) is 26.9 Å². The van der Waals surface area contributed by atoms with Crippen molar-refractivity contribution in [3.63, 3.8) is 0 Å². The molecule has 0 aromatic carbocycles. The van der Waals surface area contributed by atoms with Crippen LogP contribution in [-0.4, -0.2) is 27.6 Å². The summed E-state index contributed by atoms with van der Waals surface area (Å²) >= 11 is 5.95. The van der Waals surface area contributed by atoms with Crippen LogP contribution in [-0.2, 0) is 17.9 Å². The van der Waals surface area contributed by atoms with E-state index in [0.717, 1.165) is 12.2 Å². The van der Waals surface area contributed by atoms with Crippen LogP contribution < -0.4 is 0 Å². The summed E-state index contributed by atoms with van der Waals surface area (Å²) in [4.78, 5) is 12.6. The van der Waals surface area contributed by atoms with Crippen LogP contribution >= 0.6 is 11.6 Å². The first-order valence-electron chi connectivity index (χ1n) is 4.48. The second-order valence-electron chi connectivity index (χ2n) is 3.15. The number of hydrogen-bond donors (Lipinski definition) is 0. The maximum absolute atomic E-state index is 11.0. The average molecular weight is 216 g/mol. The van der Waals surface area contributed by atoms with Gasteiger partial charge >= 0.3 is 0 Å². The molecule has 0 unspecified atom stereocenters. The fraction of sp³-hybridized carbons (Fsp3) is 0.556. The molecular weight excluding hydrogens is 202 g/mol. The van der Waals surface area contributed by atoms with E-state index in [2.05, 4.69) is 5.10 Å². The quantitative estimate of drug-likeness (QED) is 0.767. The van der Waals surface area contributed by atoms with E-state index >= 15 is 0 Å². The molecule has 0 atom stereocenters. The topological polar surface area (TPSA) is 38.1 Å². The fourth-order valence-electron chi connectivity index (χ4n) is 1.04. The SMILES string of the molecule is CCn1cc(Cl)c(CN(C)C(C)=O)n1. The molecule has 78 valence electrons. The molecule has 4 nitrogen and oxygen atoms in total. The third kappa shape index (κ3) is 2.48. The highest BCUT2D eigenvalue weighted by atomic mass is 35.5. The number of nitrogens with zero attached hydrogens (tertiary/aromatic N) is 3. The summed E-state index contributed by atoms with van der Waals surface area (Å²) < 4.78 is 1.76. The Labute approximate surface area is 88.5 Å². The number of amides is 1. The fourth-order valence-corrected chi connectivity index (χ4v) is 1.25. The molecule has 0 saturated heterocycles. The highest BCUT2D eigenvalue weighted by molar-refractivity contribution is 6.31. The van der Waals surface area contributed by atoms with Gasteiger partial charge in [-0.05, 0) is 6.92 Å². The summed E-state index contributed by atoms with van der Waals surface area (Å²) in [5.41, 5.74) is 0.742. The minimum absolute atomic E-state index is 0.00659. The van der Waals surface area contributed by atoms with Crippen LogP contribution in [0.4, 0.5) is 0 Å². The van der Waals surface area contributed by atoms with E-state index in [-0.39, 0.29) is 5.91 Å². The first kappa shape index (κ1) is 11.0. The summed E-state index contributed by atoms with van der Waals surface area (Å²) in [6, 6.07) is 0. The molecule has 1 amide bonds. The number of halogens is 1. The lowest BCUT2D eigenvalue weighted by atomic mass is 10.4. The second-order valence-corrected chi connectivity index (χ2v) is 3.56. The van der Waals surface area contributed by atoms with Gasteiger partial charge in [-0.2, -0.15) is 5.10 Å². The molecule has 14 heavy (non-hydrogen) atoms. The van der Waals surface area contributed by atoms with Gasteiger partial charge in [-0.25, -0.2) is 0 Å². The summed E-state index contributed by atoms with van der Waals surface area (Å²) in [6.45, 7) is 4.75. The monoisotopic (exact) mass is 215 g/mol. The third-order valence-corrected chi connectivity index (χ3v) is 2.35. The molecule has 0 spiro atoms. The van der Waals surface area contributed by atoms with Crippen LogP contribution in [0.5, 0.6) is 0 Å². The minimum atomic E-state index is 0.00659. The van der Waals surface area contributed by atoms with Gasteiger partial charge in [-0.1, -0.05) is 11.6 Å². The molecule has 1 rings (SSSR count). The van der Waals surface area contributed by atoms with Gasteiger partial charge in [-0.3, -0.25) is 9.48 Å². The lowest BCUT2D eigenvalue weighted by Gasteiger charge is -2.12. The Morgan fingerprint density at radius 2 is 2.36 bits per heavy atom. The van der Waals surface area contributed by atoms with E-state index in [1.165, 1.54) is 6.92 Å². The number of aromatic nitrogens is 2. The smallest absolute Gasteiger partial charge is 0.219 e. The molecule has 0 saturated carbocycles. The third-order valence-electron chi connectivity index (χ3n) is 2.04. The number of aryl methyl sites for hydroxylation is 1. The van der Waals surface area contributed by atoms with Crippen molar-refractivity contribution in [2.24, 2.45) is 0 Å². The zero-order chi connectivity index (χ0) is 10.7. The Balaban J connectivity index is 2.75. The maximum Gasteiger partial charge on any atom is 0.219 e. The van der Waals surface area contributed by atoms with E-state index < -0.39 is 0 Å². The molecule has 1 heterocycles. The van der Waals surface area contributed by atoms with E-state index in [4.69, 9.17) is 11.6 Å². The van der Waals surface area contributed by atoms with Gasteiger partial charge < -0.3 is 4.90 Å². The predicted octanol–water partition coefficient (Wildman–Crippen LogP) is 1.53. The first-order valence-corrected chi connectivity index (χ1v) is 4.86. The van der Waals surface area contributed by atoms with E-state index in [9.17, 15) is 4.79 Å². The Hall–Kier alpha value is -1.03. The van der Waals surface area contributed by atoms with Crippen LogP contribution in [0.3, 0.4) is 0 Å². The number of carbonyl (C=O) groups excluding carboxylic acids is 1. The van der Waals surface area contributed by atoms with Gasteiger partial charge in [0.2, 0.25) is 5.91 Å². The Morgan fingerprint density at radius 1 is 1.71 bits per heavy atom. The molecule has 0 radical (unpaired) electrons. The van der Waals surface area contributed by atoms with Gasteiger partial charge in [-0.15, -0.1) is 0 Å². The van der Waals surface area contributed by atoms with Gasteiger partial charge in [0.15, 0.2) is 0 Å². The van der Waals surface area contributed by atoms with Crippen molar-refractivity contribution in [2.75, 3.05) is 7.05 Å². The molecule has 0 N–H and O–H groups in total. The lowest BCUT2D eigenvalue weighted by Crippen LogP contribution is -2.23. The molecule has 5 heteroatoms. The molecule has 0 aliphatic heterocycles. The van der Waals surface area contributed by atoms with Crippen molar-refractivity contribution < 1.29 is 4.79 Å². The van der Waals surface area contributed by atoms with Crippen LogP contribution in [0.15, 0.2) is 6.20 Å². The zero-order valence-electron chi connectivity index (χ0n) is 8.62. The van der Waals surface area contributed by atoms with E-state index in [1.54, 1.807) is 22.8 Å². The summed E-state index contributed by atoms with van der Waals surface area (Å²) in [7, 11) is 1.73. The van der Waals surface area contributed by atoms with Gasteiger partial charge in [0.25, 0.3) is 0 Å². The van der Waals surface area contributed by atoms with Crippen molar-refractivity contribution in [1.82, 2.24) is 14.7 Å². The average Bonchev–Trinajstić information content (AvgIpc) is 2.47. The first-order chi connectivity index (χ1) is 6.54. The molecule has 0 aliphatic carbocycles. The summed E-state index contributed by atoms with van der Waals surface area (Å²) in [5.74, 6) is 0.00659. The normalized spacial score (nSPS) is 10.3. The van der Waals surface area contributed by atoms with Crippen molar-refractivity contribution >= 4 is 17.5 Å².